The predicted octanol–water partition coefficient (Wildman–Crippen LogP) is 5.09. The van der Waals surface area contributed by atoms with Crippen molar-refractivity contribution in [2.45, 2.75) is 71.8 Å². The zero-order valence-corrected chi connectivity index (χ0v) is 23.0. The number of alkyl carbamates (subject to hydrolysis) is 1. The number of hydrogen-bond acceptors (Lipinski definition) is 7. The SMILES string of the molecule is CC(C)(C)OC(=O)NC(CC(=O)OCc1ccccc1)C(=O)Nc1ccc2[nH]c(C(=O)OC(C)(C)C)cc2c1. The first-order valence-corrected chi connectivity index (χ1v) is 12.5. The number of hydrogen-bond donors (Lipinski definition) is 3. The van der Waals surface area contributed by atoms with E-state index in [0.717, 1.165) is 5.56 Å². The Bertz CT molecular complexity index is 1330. The molecule has 1 heterocycles. The molecule has 0 aliphatic heterocycles. The first kappa shape index (κ1) is 29.2. The van der Waals surface area contributed by atoms with Crippen LogP contribution in [0.4, 0.5) is 10.5 Å². The molecule has 3 N–H and O–H groups in total. The summed E-state index contributed by atoms with van der Waals surface area (Å²) in [5.74, 6) is -1.81. The van der Waals surface area contributed by atoms with Crippen molar-refractivity contribution in [3.63, 3.8) is 0 Å². The molecule has 0 aliphatic carbocycles. The van der Waals surface area contributed by atoms with E-state index in [-0.39, 0.29) is 12.3 Å². The third-order valence-electron chi connectivity index (χ3n) is 5.13. The summed E-state index contributed by atoms with van der Waals surface area (Å²) in [5, 5.41) is 5.83. The molecule has 0 saturated heterocycles. The number of anilines is 1. The normalized spacial score (nSPS) is 12.4. The van der Waals surface area contributed by atoms with Gasteiger partial charge in [0.2, 0.25) is 5.91 Å². The number of ether oxygens (including phenoxy) is 3. The molecule has 1 atom stereocenters. The minimum Gasteiger partial charge on any atom is -0.461 e. The third kappa shape index (κ3) is 9.48. The molecular weight excluding hydrogens is 502 g/mol. The first-order valence-electron chi connectivity index (χ1n) is 12.5. The molecule has 0 saturated carbocycles. The van der Waals surface area contributed by atoms with Gasteiger partial charge < -0.3 is 29.8 Å². The van der Waals surface area contributed by atoms with Crippen molar-refractivity contribution in [3.05, 3.63) is 65.9 Å². The maximum Gasteiger partial charge on any atom is 0.408 e. The molecule has 3 rings (SSSR count). The smallest absolute Gasteiger partial charge is 0.408 e. The van der Waals surface area contributed by atoms with Gasteiger partial charge in [-0.1, -0.05) is 30.3 Å². The van der Waals surface area contributed by atoms with Crippen LogP contribution in [0.25, 0.3) is 10.9 Å². The number of carbonyl (C=O) groups is 4. The first-order chi connectivity index (χ1) is 18.2. The molecule has 2 aromatic carbocycles. The number of aromatic nitrogens is 1. The van der Waals surface area contributed by atoms with Gasteiger partial charge in [-0.15, -0.1) is 0 Å². The second kappa shape index (κ2) is 12.0. The Morgan fingerprint density at radius 2 is 1.54 bits per heavy atom. The van der Waals surface area contributed by atoms with Crippen LogP contribution in [0.5, 0.6) is 0 Å². The number of esters is 2. The van der Waals surface area contributed by atoms with E-state index in [4.69, 9.17) is 14.2 Å². The molecule has 0 spiro atoms. The Morgan fingerprint density at radius 1 is 0.872 bits per heavy atom. The summed E-state index contributed by atoms with van der Waals surface area (Å²) in [6.45, 7) is 10.4. The number of carbonyl (C=O) groups excluding carboxylic acids is 4. The average Bonchev–Trinajstić information content (AvgIpc) is 3.24. The van der Waals surface area contributed by atoms with Crippen molar-refractivity contribution < 1.29 is 33.4 Å². The van der Waals surface area contributed by atoms with Gasteiger partial charge in [-0.3, -0.25) is 9.59 Å². The molecule has 0 bridgehead atoms. The number of rotatable bonds is 8. The number of aromatic amines is 1. The zero-order valence-electron chi connectivity index (χ0n) is 23.0. The molecule has 39 heavy (non-hydrogen) atoms. The molecule has 3 aromatic rings. The van der Waals surface area contributed by atoms with Gasteiger partial charge in [0.25, 0.3) is 0 Å². The maximum atomic E-state index is 13.2. The van der Waals surface area contributed by atoms with Crippen LogP contribution in [0.3, 0.4) is 0 Å². The Morgan fingerprint density at radius 3 is 2.18 bits per heavy atom. The van der Waals surface area contributed by atoms with E-state index in [0.29, 0.717) is 16.6 Å². The molecule has 1 unspecified atom stereocenters. The Labute approximate surface area is 227 Å². The summed E-state index contributed by atoms with van der Waals surface area (Å²) in [6, 6.07) is 14.5. The topological polar surface area (TPSA) is 136 Å². The fraction of sp³-hybridized carbons (Fsp3) is 0.379. The second-order valence-electron chi connectivity index (χ2n) is 11.0. The fourth-order valence-corrected chi connectivity index (χ4v) is 3.51. The van der Waals surface area contributed by atoms with Gasteiger partial charge in [0, 0.05) is 16.6 Å². The van der Waals surface area contributed by atoms with Crippen LogP contribution in [0.2, 0.25) is 0 Å². The van der Waals surface area contributed by atoms with E-state index >= 15 is 0 Å². The highest BCUT2D eigenvalue weighted by Crippen LogP contribution is 2.22. The zero-order chi connectivity index (χ0) is 28.8. The van der Waals surface area contributed by atoms with Crippen molar-refractivity contribution in [3.8, 4) is 0 Å². The summed E-state index contributed by atoms with van der Waals surface area (Å²) in [7, 11) is 0. The molecule has 0 aliphatic rings. The Balaban J connectivity index is 1.72. The van der Waals surface area contributed by atoms with Crippen LogP contribution in [-0.2, 0) is 30.4 Å². The van der Waals surface area contributed by atoms with E-state index in [1.54, 1.807) is 65.8 Å². The van der Waals surface area contributed by atoms with Crippen molar-refractivity contribution >= 4 is 40.5 Å². The van der Waals surface area contributed by atoms with E-state index < -0.39 is 47.6 Å². The van der Waals surface area contributed by atoms with Gasteiger partial charge in [0.1, 0.15) is 29.5 Å². The van der Waals surface area contributed by atoms with Gasteiger partial charge in [-0.25, -0.2) is 9.59 Å². The van der Waals surface area contributed by atoms with Crippen LogP contribution in [-0.4, -0.2) is 46.2 Å². The van der Waals surface area contributed by atoms with Crippen molar-refractivity contribution in [2.75, 3.05) is 5.32 Å². The van der Waals surface area contributed by atoms with Crippen LogP contribution < -0.4 is 10.6 Å². The Kier molecular flexibility index (Phi) is 9.00. The lowest BCUT2D eigenvalue weighted by Gasteiger charge is -2.23. The average molecular weight is 538 g/mol. The molecule has 2 amide bonds. The molecule has 0 fully saturated rings. The van der Waals surface area contributed by atoms with Gasteiger partial charge in [-0.05, 0) is 71.4 Å². The summed E-state index contributed by atoms with van der Waals surface area (Å²) < 4.78 is 16.0. The summed E-state index contributed by atoms with van der Waals surface area (Å²) in [5.41, 5.74) is 0.680. The highest BCUT2D eigenvalue weighted by molar-refractivity contribution is 6.01. The number of benzene rings is 2. The summed E-state index contributed by atoms with van der Waals surface area (Å²) in [4.78, 5) is 53.5. The number of amides is 2. The van der Waals surface area contributed by atoms with Crippen molar-refractivity contribution in [2.24, 2.45) is 0 Å². The molecule has 10 heteroatoms. The van der Waals surface area contributed by atoms with E-state index in [2.05, 4.69) is 15.6 Å². The van der Waals surface area contributed by atoms with E-state index in [1.165, 1.54) is 0 Å². The second-order valence-corrected chi connectivity index (χ2v) is 11.0. The molecule has 208 valence electrons. The number of H-pyrrole nitrogens is 1. The monoisotopic (exact) mass is 537 g/mol. The van der Waals surface area contributed by atoms with E-state index in [1.807, 2.05) is 30.3 Å². The van der Waals surface area contributed by atoms with Crippen LogP contribution in [0.1, 0.15) is 64.0 Å². The van der Waals surface area contributed by atoms with Gasteiger partial charge >= 0.3 is 18.0 Å². The van der Waals surface area contributed by atoms with Crippen LogP contribution in [0.15, 0.2) is 54.6 Å². The lowest BCUT2D eigenvalue weighted by molar-refractivity contribution is -0.146. The lowest BCUT2D eigenvalue weighted by Crippen LogP contribution is -2.47. The minimum atomic E-state index is -1.26. The Hall–Kier alpha value is -4.34. The largest absolute Gasteiger partial charge is 0.461 e. The maximum absolute atomic E-state index is 13.2. The lowest BCUT2D eigenvalue weighted by atomic mass is 10.1. The molecular formula is C29H35N3O7. The summed E-state index contributed by atoms with van der Waals surface area (Å²) in [6.07, 6.45) is -1.26. The molecule has 0 radical (unpaired) electrons. The van der Waals surface area contributed by atoms with Crippen molar-refractivity contribution in [1.29, 1.82) is 0 Å². The number of nitrogens with one attached hydrogen (secondary N) is 3. The molecule has 1 aromatic heterocycles. The van der Waals surface area contributed by atoms with Crippen molar-refractivity contribution in [1.82, 2.24) is 10.3 Å². The van der Waals surface area contributed by atoms with Gasteiger partial charge in [-0.2, -0.15) is 0 Å². The van der Waals surface area contributed by atoms with Gasteiger partial charge in [0.15, 0.2) is 0 Å². The predicted molar refractivity (Wildman–Crippen MR) is 146 cm³/mol. The fourth-order valence-electron chi connectivity index (χ4n) is 3.51. The minimum absolute atomic E-state index is 0.0323. The standard InChI is InChI=1S/C29H35N3O7/c1-28(2,3)38-26(35)23-15-19-14-20(12-13-21(19)31-23)30-25(34)22(32-27(36)39-29(4,5)6)16-24(33)37-17-18-10-8-7-9-11-18/h7-15,22,31H,16-17H2,1-6H3,(H,30,34)(H,32,36). The molecule has 10 nitrogen and oxygen atoms in total. The quantitative estimate of drug-likeness (QED) is 0.269. The highest BCUT2D eigenvalue weighted by atomic mass is 16.6. The number of fused-ring (bicyclic) bond motifs is 1. The van der Waals surface area contributed by atoms with E-state index in [9.17, 15) is 19.2 Å². The van der Waals surface area contributed by atoms with Crippen LogP contribution >= 0.6 is 0 Å². The summed E-state index contributed by atoms with van der Waals surface area (Å²) >= 11 is 0. The third-order valence-corrected chi connectivity index (χ3v) is 5.13. The van der Waals surface area contributed by atoms with Crippen LogP contribution in [0, 0.1) is 0 Å². The van der Waals surface area contributed by atoms with Gasteiger partial charge in [0.05, 0.1) is 6.42 Å². The highest BCUT2D eigenvalue weighted by Gasteiger charge is 2.28.